The summed E-state index contributed by atoms with van der Waals surface area (Å²) in [7, 11) is 0. The Kier molecular flexibility index (Phi) is 5.58. The van der Waals surface area contributed by atoms with E-state index in [2.05, 4.69) is 5.32 Å². The summed E-state index contributed by atoms with van der Waals surface area (Å²) in [6.45, 7) is 4.45. The minimum absolute atomic E-state index is 0.517. The van der Waals surface area contributed by atoms with Crippen LogP contribution in [0, 0.1) is 0 Å². The van der Waals surface area contributed by atoms with E-state index >= 15 is 0 Å². The predicted molar refractivity (Wildman–Crippen MR) is 69.2 cm³/mol. The molecule has 1 unspecified atom stereocenters. The van der Waals surface area contributed by atoms with E-state index in [1.165, 1.54) is 0 Å². The van der Waals surface area contributed by atoms with Crippen molar-refractivity contribution in [3.8, 4) is 0 Å². The molecule has 96 valence electrons. The maximum atomic E-state index is 11.2. The summed E-state index contributed by atoms with van der Waals surface area (Å²) in [6, 6.07) is 3.73. The van der Waals surface area contributed by atoms with Crippen molar-refractivity contribution in [1.29, 1.82) is 0 Å². The number of thioether (sulfide) groups is 1. The van der Waals surface area contributed by atoms with Gasteiger partial charge in [0.15, 0.2) is 0 Å². The molecule has 17 heavy (non-hydrogen) atoms. The Hall–Kier alpha value is -0.940. The summed E-state index contributed by atoms with van der Waals surface area (Å²) < 4.78 is 5.20. The van der Waals surface area contributed by atoms with Gasteiger partial charge in [-0.05, 0) is 32.0 Å². The van der Waals surface area contributed by atoms with E-state index in [4.69, 9.17) is 4.42 Å². The molecule has 1 aromatic rings. The van der Waals surface area contributed by atoms with Crippen molar-refractivity contribution in [3.05, 3.63) is 24.2 Å². The molecule has 0 bridgehead atoms. The number of carboxylic acid groups (broad SMARTS) is 1. The molecule has 0 aliphatic carbocycles. The second-order valence-electron chi connectivity index (χ2n) is 4.14. The summed E-state index contributed by atoms with van der Waals surface area (Å²) >= 11 is 1.56. The molecule has 1 heterocycles. The first kappa shape index (κ1) is 14.1. The monoisotopic (exact) mass is 257 g/mol. The molecule has 2 N–H and O–H groups in total. The summed E-state index contributed by atoms with van der Waals surface area (Å²) in [5.41, 5.74) is -0.868. The second kappa shape index (κ2) is 6.71. The van der Waals surface area contributed by atoms with E-state index < -0.39 is 11.5 Å². The summed E-state index contributed by atoms with van der Waals surface area (Å²) in [4.78, 5) is 11.2. The zero-order valence-electron chi connectivity index (χ0n) is 10.2. The van der Waals surface area contributed by atoms with Crippen LogP contribution in [0.15, 0.2) is 22.8 Å². The Morgan fingerprint density at radius 3 is 2.94 bits per heavy atom. The third-order valence-electron chi connectivity index (χ3n) is 2.45. The number of furan rings is 1. The highest BCUT2D eigenvalue weighted by molar-refractivity contribution is 7.98. The summed E-state index contributed by atoms with van der Waals surface area (Å²) in [6.07, 6.45) is 2.55. The Balaban J connectivity index is 2.41. The smallest absolute Gasteiger partial charge is 0.324 e. The standard InChI is InChI=1S/C12H19NO3S/c1-3-6-13-12(2,11(14)15)9-17-8-10-5-4-7-16-10/h4-5,7,13H,3,6,8-9H2,1-2H3,(H,14,15). The molecule has 0 saturated carbocycles. The molecule has 0 aromatic carbocycles. The normalized spacial score (nSPS) is 14.5. The van der Waals surface area contributed by atoms with Crippen molar-refractivity contribution in [2.75, 3.05) is 12.3 Å². The SMILES string of the molecule is CCCNC(C)(CSCc1ccco1)C(=O)O. The number of nitrogens with one attached hydrogen (secondary N) is 1. The van der Waals surface area contributed by atoms with Gasteiger partial charge in [0.05, 0.1) is 12.0 Å². The number of carboxylic acids is 1. The Morgan fingerprint density at radius 1 is 1.65 bits per heavy atom. The van der Waals surface area contributed by atoms with Crippen LogP contribution in [-0.2, 0) is 10.5 Å². The van der Waals surface area contributed by atoms with Crippen LogP contribution in [0.1, 0.15) is 26.0 Å². The van der Waals surface area contributed by atoms with Gasteiger partial charge in [-0.1, -0.05) is 6.92 Å². The quantitative estimate of drug-likeness (QED) is 0.748. The molecule has 1 atom stereocenters. The van der Waals surface area contributed by atoms with E-state index in [1.807, 2.05) is 19.1 Å². The van der Waals surface area contributed by atoms with Crippen molar-refractivity contribution in [2.24, 2.45) is 0 Å². The summed E-state index contributed by atoms with van der Waals surface area (Å²) in [5, 5.41) is 12.3. The van der Waals surface area contributed by atoms with Gasteiger partial charge in [-0.2, -0.15) is 11.8 Å². The number of rotatable bonds is 8. The first-order chi connectivity index (χ1) is 8.08. The molecule has 0 fully saturated rings. The largest absolute Gasteiger partial charge is 0.480 e. The fourth-order valence-corrected chi connectivity index (χ4v) is 2.44. The number of aliphatic carboxylic acids is 1. The highest BCUT2D eigenvalue weighted by Gasteiger charge is 2.32. The van der Waals surface area contributed by atoms with E-state index in [0.29, 0.717) is 18.1 Å². The van der Waals surface area contributed by atoms with Crippen molar-refractivity contribution >= 4 is 17.7 Å². The second-order valence-corrected chi connectivity index (χ2v) is 5.12. The molecule has 1 aromatic heterocycles. The Bertz CT molecular complexity index is 340. The average molecular weight is 257 g/mol. The van der Waals surface area contributed by atoms with Gasteiger partial charge in [0.2, 0.25) is 0 Å². The first-order valence-electron chi connectivity index (χ1n) is 5.67. The van der Waals surface area contributed by atoms with Gasteiger partial charge >= 0.3 is 5.97 Å². The minimum atomic E-state index is -0.868. The van der Waals surface area contributed by atoms with Gasteiger partial charge in [0, 0.05) is 5.75 Å². The van der Waals surface area contributed by atoms with Crippen LogP contribution in [0.5, 0.6) is 0 Å². The summed E-state index contributed by atoms with van der Waals surface area (Å²) in [5.74, 6) is 1.28. The fraction of sp³-hybridized carbons (Fsp3) is 0.583. The molecule has 5 heteroatoms. The van der Waals surface area contributed by atoms with Gasteiger partial charge in [-0.15, -0.1) is 0 Å². The van der Waals surface area contributed by atoms with E-state index in [9.17, 15) is 9.90 Å². The van der Waals surface area contributed by atoms with Gasteiger partial charge in [-0.3, -0.25) is 4.79 Å². The molecular formula is C12H19NO3S. The molecule has 0 saturated heterocycles. The van der Waals surface area contributed by atoms with Crippen LogP contribution in [0.2, 0.25) is 0 Å². The van der Waals surface area contributed by atoms with Crippen molar-refractivity contribution < 1.29 is 14.3 Å². The van der Waals surface area contributed by atoms with Crippen LogP contribution in [0.4, 0.5) is 0 Å². The van der Waals surface area contributed by atoms with Crippen LogP contribution in [0.25, 0.3) is 0 Å². The number of hydrogen-bond donors (Lipinski definition) is 2. The third kappa shape index (κ3) is 4.44. The molecule has 0 aliphatic heterocycles. The average Bonchev–Trinajstić information content (AvgIpc) is 2.79. The lowest BCUT2D eigenvalue weighted by Gasteiger charge is -2.25. The zero-order valence-corrected chi connectivity index (χ0v) is 11.0. The van der Waals surface area contributed by atoms with Gasteiger partial charge in [0.25, 0.3) is 0 Å². The highest BCUT2D eigenvalue weighted by atomic mass is 32.2. The molecule has 4 nitrogen and oxygen atoms in total. The van der Waals surface area contributed by atoms with Crippen LogP contribution >= 0.6 is 11.8 Å². The zero-order chi connectivity index (χ0) is 12.7. The van der Waals surface area contributed by atoms with E-state index in [-0.39, 0.29) is 0 Å². The Labute approximate surface area is 106 Å². The third-order valence-corrected chi connectivity index (χ3v) is 3.72. The predicted octanol–water partition coefficient (Wildman–Crippen LogP) is 2.36. The van der Waals surface area contributed by atoms with Crippen LogP contribution in [0.3, 0.4) is 0 Å². The van der Waals surface area contributed by atoms with Gasteiger partial charge in [0.1, 0.15) is 11.3 Å². The maximum absolute atomic E-state index is 11.2. The molecule has 0 amide bonds. The highest BCUT2D eigenvalue weighted by Crippen LogP contribution is 2.18. The molecule has 0 spiro atoms. The molecule has 1 rings (SSSR count). The van der Waals surface area contributed by atoms with Crippen LogP contribution < -0.4 is 5.32 Å². The van der Waals surface area contributed by atoms with Crippen molar-refractivity contribution in [2.45, 2.75) is 31.6 Å². The van der Waals surface area contributed by atoms with Crippen molar-refractivity contribution in [1.82, 2.24) is 5.32 Å². The number of hydrogen-bond acceptors (Lipinski definition) is 4. The number of carbonyl (C=O) groups is 1. The maximum Gasteiger partial charge on any atom is 0.324 e. The van der Waals surface area contributed by atoms with Gasteiger partial charge < -0.3 is 14.8 Å². The topological polar surface area (TPSA) is 62.5 Å². The Morgan fingerprint density at radius 2 is 2.41 bits per heavy atom. The van der Waals surface area contributed by atoms with Crippen molar-refractivity contribution in [3.63, 3.8) is 0 Å². The molecular weight excluding hydrogens is 238 g/mol. The first-order valence-corrected chi connectivity index (χ1v) is 6.82. The van der Waals surface area contributed by atoms with Crippen LogP contribution in [-0.4, -0.2) is 28.9 Å². The van der Waals surface area contributed by atoms with E-state index in [1.54, 1.807) is 24.9 Å². The van der Waals surface area contributed by atoms with Gasteiger partial charge in [-0.25, -0.2) is 0 Å². The minimum Gasteiger partial charge on any atom is -0.480 e. The lowest BCUT2D eigenvalue weighted by Crippen LogP contribution is -2.52. The lowest BCUT2D eigenvalue weighted by molar-refractivity contribution is -0.143. The lowest BCUT2D eigenvalue weighted by atomic mass is 10.1. The van der Waals surface area contributed by atoms with E-state index in [0.717, 1.165) is 12.2 Å². The fourth-order valence-electron chi connectivity index (χ4n) is 1.34. The molecule has 0 aliphatic rings. The molecule has 0 radical (unpaired) electrons.